The summed E-state index contributed by atoms with van der Waals surface area (Å²) >= 11 is 1.55. The number of hydrogen-bond donors (Lipinski definition) is 0. The second-order valence-corrected chi connectivity index (χ2v) is 1.47. The molecule has 0 heterocycles. The third-order valence-electron chi connectivity index (χ3n) is 0. The molecule has 7 heteroatoms. The van der Waals surface area contributed by atoms with Crippen molar-refractivity contribution in [3.05, 3.63) is 0 Å². The van der Waals surface area contributed by atoms with E-state index in [1.54, 1.807) is 22.5 Å². The van der Waals surface area contributed by atoms with Crippen LogP contribution in [0.1, 0.15) is 20.8 Å². The average Bonchev–Trinajstić information content (AvgIpc) is 1.86. The van der Waals surface area contributed by atoms with Crippen molar-refractivity contribution in [1.82, 2.24) is 0 Å². The molecule has 0 amide bonds. The first-order chi connectivity index (χ1) is 6.20. The number of carbonyl (C=O) groups excluding carboxylic acids is 3. The first kappa shape index (κ1) is 23.2. The molecule has 0 radical (unpaired) electrons. The zero-order valence-corrected chi connectivity index (χ0v) is 11.3. The second kappa shape index (κ2) is 22.8. The van der Waals surface area contributed by atoms with E-state index < -0.39 is 17.9 Å². The van der Waals surface area contributed by atoms with Crippen LogP contribution in [0.25, 0.3) is 0 Å². The fraction of sp³-hybridized carbons (Fsp3) is 0.571. The summed E-state index contributed by atoms with van der Waals surface area (Å²) in [5.74, 6) is -3.25. The van der Waals surface area contributed by atoms with Gasteiger partial charge < -0.3 is 29.7 Å². The van der Waals surface area contributed by atoms with Crippen LogP contribution < -0.4 is 15.3 Å². The van der Waals surface area contributed by atoms with Crippen LogP contribution in [-0.2, 0) is 14.4 Å². The van der Waals surface area contributed by atoms with Crippen LogP contribution in [0.2, 0.25) is 4.94 Å². The number of hydrogen-bond acceptors (Lipinski definition) is 6. The normalized spacial score (nSPS) is 5.86. The first-order valence-corrected chi connectivity index (χ1v) is 6.08. The fourth-order valence-electron chi connectivity index (χ4n) is 0. The van der Waals surface area contributed by atoms with E-state index in [1.807, 2.05) is 0 Å². The van der Waals surface area contributed by atoms with Gasteiger partial charge >= 0.3 is 27.5 Å². The van der Waals surface area contributed by atoms with E-state index in [0.29, 0.717) is 0 Å². The molecular weight excluding hydrogens is 299 g/mol. The standard InChI is InChI=1S/3C2H4O2.CH3.Sn/c3*1-2(3)4;;/h3*1H3,(H,3,4);1H3;/q;;;;+3/p-3. The number of carbonyl (C=O) groups is 3. The Kier molecular flexibility index (Phi) is 37.7. The SMILES string of the molecule is CC(=O)[O-].CC(=O)[O-].CC(=O)[O-].[CH3][Sn+3]. The summed E-state index contributed by atoms with van der Waals surface area (Å²) in [7, 11) is 0. The molecule has 0 unspecified atom stereocenters. The molecule has 0 aromatic rings. The average molecular weight is 311 g/mol. The summed E-state index contributed by atoms with van der Waals surface area (Å²) in [4.78, 5) is 28.8. The van der Waals surface area contributed by atoms with E-state index in [4.69, 9.17) is 29.7 Å². The molecule has 0 saturated heterocycles. The summed E-state index contributed by atoms with van der Waals surface area (Å²) in [6, 6.07) is 0. The van der Waals surface area contributed by atoms with Gasteiger partial charge in [-0.05, 0) is 20.8 Å². The third kappa shape index (κ3) is 1870. The van der Waals surface area contributed by atoms with Gasteiger partial charge in [-0.25, -0.2) is 0 Å². The second-order valence-electron chi connectivity index (χ2n) is 1.47. The van der Waals surface area contributed by atoms with Crippen LogP contribution in [-0.4, -0.2) is 40.4 Å². The Morgan fingerprint density at radius 2 is 0.714 bits per heavy atom. The number of aliphatic carboxylic acids is 3. The van der Waals surface area contributed by atoms with Crippen LogP contribution in [0, 0.1) is 0 Å². The maximum absolute atomic E-state index is 8.89. The van der Waals surface area contributed by atoms with Gasteiger partial charge in [0.2, 0.25) is 0 Å². The monoisotopic (exact) mass is 312 g/mol. The van der Waals surface area contributed by atoms with Crippen molar-refractivity contribution < 1.29 is 29.7 Å². The molecular formula is C7H12O6Sn. The van der Waals surface area contributed by atoms with Gasteiger partial charge in [-0.2, -0.15) is 0 Å². The molecule has 0 aromatic heterocycles. The molecule has 0 fully saturated rings. The quantitative estimate of drug-likeness (QED) is 0.428. The van der Waals surface area contributed by atoms with Crippen LogP contribution in [0.5, 0.6) is 0 Å². The predicted octanol–water partition coefficient (Wildman–Crippen LogP) is -3.53. The summed E-state index contributed by atoms with van der Waals surface area (Å²) < 4.78 is 0. The van der Waals surface area contributed by atoms with Crippen LogP contribution in [0.4, 0.5) is 0 Å². The van der Waals surface area contributed by atoms with Gasteiger partial charge in [-0.15, -0.1) is 0 Å². The number of carboxylic acid groups (broad SMARTS) is 3. The van der Waals surface area contributed by atoms with Crippen molar-refractivity contribution in [3.63, 3.8) is 0 Å². The Bertz CT molecular complexity index is 116. The Balaban J connectivity index is -0.0000000492. The Labute approximate surface area is 96.0 Å². The van der Waals surface area contributed by atoms with Gasteiger partial charge in [0.1, 0.15) is 0 Å². The predicted molar refractivity (Wildman–Crippen MR) is 43.7 cm³/mol. The Morgan fingerprint density at radius 1 is 0.714 bits per heavy atom. The molecule has 0 bridgehead atoms. The molecule has 0 aliphatic carbocycles. The molecule has 0 rings (SSSR count). The minimum absolute atomic E-state index is 0.972. The minimum atomic E-state index is -1.08. The van der Waals surface area contributed by atoms with Gasteiger partial charge in [0.05, 0.1) is 0 Å². The zero-order valence-electron chi connectivity index (χ0n) is 8.45. The van der Waals surface area contributed by atoms with E-state index in [1.165, 1.54) is 0 Å². The van der Waals surface area contributed by atoms with E-state index in [0.717, 1.165) is 20.8 Å². The van der Waals surface area contributed by atoms with E-state index in [9.17, 15) is 0 Å². The van der Waals surface area contributed by atoms with Gasteiger partial charge in [0.15, 0.2) is 0 Å². The summed E-state index contributed by atoms with van der Waals surface area (Å²) in [5, 5.41) is 26.7. The molecule has 80 valence electrons. The van der Waals surface area contributed by atoms with E-state index in [2.05, 4.69) is 4.94 Å². The van der Waals surface area contributed by atoms with E-state index >= 15 is 0 Å². The molecule has 0 N–H and O–H groups in total. The summed E-state index contributed by atoms with van der Waals surface area (Å²) in [5.41, 5.74) is 0. The van der Waals surface area contributed by atoms with Crippen molar-refractivity contribution in [1.29, 1.82) is 0 Å². The zero-order chi connectivity index (χ0) is 12.7. The summed E-state index contributed by atoms with van der Waals surface area (Å²) in [6.45, 7) is 2.92. The summed E-state index contributed by atoms with van der Waals surface area (Å²) in [6.07, 6.45) is 0. The van der Waals surface area contributed by atoms with Gasteiger partial charge in [0.25, 0.3) is 0 Å². The molecule has 6 nitrogen and oxygen atoms in total. The topological polar surface area (TPSA) is 120 Å². The van der Waals surface area contributed by atoms with E-state index in [-0.39, 0.29) is 0 Å². The molecule has 0 atom stereocenters. The molecule has 14 heavy (non-hydrogen) atoms. The molecule has 0 saturated carbocycles. The van der Waals surface area contributed by atoms with Crippen LogP contribution in [0.3, 0.4) is 0 Å². The molecule has 0 spiro atoms. The van der Waals surface area contributed by atoms with Crippen molar-refractivity contribution in [3.8, 4) is 0 Å². The van der Waals surface area contributed by atoms with Crippen molar-refractivity contribution in [2.75, 3.05) is 0 Å². The molecule has 0 aromatic carbocycles. The van der Waals surface area contributed by atoms with Crippen LogP contribution >= 0.6 is 0 Å². The fourth-order valence-corrected chi connectivity index (χ4v) is 0. The first-order valence-electron chi connectivity index (χ1n) is 3.22. The molecule has 0 aliphatic rings. The van der Waals surface area contributed by atoms with Gasteiger partial charge in [0, 0.05) is 17.9 Å². The van der Waals surface area contributed by atoms with Gasteiger partial charge in [-0.1, -0.05) is 0 Å². The maximum atomic E-state index is 8.89. The van der Waals surface area contributed by atoms with Crippen molar-refractivity contribution in [2.45, 2.75) is 25.7 Å². The van der Waals surface area contributed by atoms with Crippen molar-refractivity contribution >= 4 is 40.4 Å². The van der Waals surface area contributed by atoms with Crippen molar-refractivity contribution in [2.24, 2.45) is 0 Å². The van der Waals surface area contributed by atoms with Crippen LogP contribution in [0.15, 0.2) is 0 Å². The Hall–Kier alpha value is -0.791. The number of rotatable bonds is 0. The third-order valence-corrected chi connectivity index (χ3v) is 0. The number of carboxylic acids is 3. The Morgan fingerprint density at radius 3 is 0.714 bits per heavy atom. The van der Waals surface area contributed by atoms with Gasteiger partial charge in [-0.3, -0.25) is 0 Å². The molecule has 0 aliphatic heterocycles.